The van der Waals surface area contributed by atoms with Crippen molar-refractivity contribution in [1.29, 1.82) is 10.5 Å². The van der Waals surface area contributed by atoms with E-state index < -0.39 is 23.1 Å². The van der Waals surface area contributed by atoms with Crippen LogP contribution >= 0.6 is 22.7 Å². The molecule has 2 N–H and O–H groups in total. The van der Waals surface area contributed by atoms with Crippen molar-refractivity contribution in [1.82, 2.24) is 0 Å². The molecule has 10 aromatic rings. The number of hydrogen-bond acceptors (Lipinski definition) is 11. The maximum atomic E-state index is 12.0. The second-order valence-corrected chi connectivity index (χ2v) is 25.0. The normalized spacial score (nSPS) is 15.0. The fraction of sp³-hybridized carbons (Fsp3) is 0.135. The SMILES string of the molecule is CC1(C)c2ccccc2-c2ccc(N(c3ccc4c(c3)C(C)(C)c3ccccc3-4)c3c4ccc(/C=C/c5sc(/C=C(\C#N)C(=O)O)c6c5OCCO6)cc4c(-c4ccccc4)c4cc(/C=C/c5sc(/C=C(\C#N)C(=O)O)c6c5OCCO6)ccc34)cc21. The lowest BCUT2D eigenvalue weighted by atomic mass is 9.82. The van der Waals surface area contributed by atoms with Crippen LogP contribution in [0.2, 0.25) is 0 Å². The van der Waals surface area contributed by atoms with Crippen LogP contribution in [-0.4, -0.2) is 48.6 Å². The first-order valence-electron chi connectivity index (χ1n) is 28.5. The minimum atomic E-state index is -1.33. The average molecular weight is 1180 g/mol. The summed E-state index contributed by atoms with van der Waals surface area (Å²) in [7, 11) is 0. The van der Waals surface area contributed by atoms with Crippen LogP contribution in [0.4, 0.5) is 17.1 Å². The number of rotatable bonds is 12. The second kappa shape index (κ2) is 21.3. The standard InChI is InChI=1S/C74H53N3O8S2/c1-73(2)57-16-10-8-14-49(57)51-26-22-47(38-59(51)73)77(48-23-27-52-50-15-9-11-17-58(50)74(3,4)60(52)39-48)66-53-24-18-42(20-28-61-67-69(84-32-30-82-67)63(86-61)36-45(40-75)71(78)79)34-55(53)65(44-12-6-5-7-13-44)56-35-43(19-25-54(56)66)21-29-62-68-70(85-33-31-83-68)64(87-62)37-46(41-76)72(80)81/h5-29,34-39H,30-33H2,1-4H3,(H,78,79)(H,80,81)/b28-20+,29-21+,45-36+,46-37+. The van der Waals surface area contributed by atoms with Crippen molar-refractivity contribution in [2.75, 3.05) is 31.3 Å². The van der Waals surface area contributed by atoms with Gasteiger partial charge < -0.3 is 34.1 Å². The fourth-order valence-corrected chi connectivity index (χ4v) is 15.0. The van der Waals surface area contributed by atoms with Gasteiger partial charge in [0.05, 0.1) is 25.2 Å². The lowest BCUT2D eigenvalue weighted by Crippen LogP contribution is -2.18. The Labute approximate surface area is 510 Å². The predicted molar refractivity (Wildman–Crippen MR) is 348 cm³/mol. The molecule has 2 aromatic heterocycles. The van der Waals surface area contributed by atoms with Crippen LogP contribution < -0.4 is 23.8 Å². The van der Waals surface area contributed by atoms with E-state index in [9.17, 15) is 30.3 Å². The highest BCUT2D eigenvalue weighted by atomic mass is 32.1. The van der Waals surface area contributed by atoms with Gasteiger partial charge in [-0.3, -0.25) is 0 Å². The smallest absolute Gasteiger partial charge is 0.346 e. The van der Waals surface area contributed by atoms with Gasteiger partial charge in [-0.05, 0) is 138 Å². The van der Waals surface area contributed by atoms with E-state index in [0.29, 0.717) is 55.7 Å². The highest BCUT2D eigenvalue weighted by Gasteiger charge is 2.39. The molecule has 0 atom stereocenters. The molecule has 0 bridgehead atoms. The van der Waals surface area contributed by atoms with Gasteiger partial charge in [-0.2, -0.15) is 10.5 Å². The topological polar surface area (TPSA) is 162 Å². The van der Waals surface area contributed by atoms with Crippen LogP contribution in [-0.2, 0) is 20.4 Å². The van der Waals surface area contributed by atoms with E-state index in [-0.39, 0.29) is 24.0 Å². The number of ether oxygens (including phenoxy) is 4. The lowest BCUT2D eigenvalue weighted by Gasteiger charge is -2.32. The largest absolute Gasteiger partial charge is 0.485 e. The summed E-state index contributed by atoms with van der Waals surface area (Å²) in [5, 5.41) is 42.9. The Hall–Kier alpha value is -10.4. The minimum Gasteiger partial charge on any atom is -0.485 e. The molecule has 87 heavy (non-hydrogen) atoms. The van der Waals surface area contributed by atoms with Crippen LogP contribution in [0.15, 0.2) is 163 Å². The third kappa shape index (κ3) is 9.13. The van der Waals surface area contributed by atoms with Crippen LogP contribution in [0.1, 0.15) is 80.6 Å². The summed E-state index contributed by atoms with van der Waals surface area (Å²) >= 11 is 2.59. The molecule has 2 aliphatic carbocycles. The van der Waals surface area contributed by atoms with Crippen molar-refractivity contribution in [2.45, 2.75) is 38.5 Å². The number of aliphatic carboxylic acids is 2. The van der Waals surface area contributed by atoms with Crippen LogP contribution in [0.5, 0.6) is 23.0 Å². The molecular formula is C74H53N3O8S2. The molecule has 0 amide bonds. The Kier molecular flexibility index (Phi) is 13.3. The number of fused-ring (bicyclic) bond motifs is 10. The maximum Gasteiger partial charge on any atom is 0.346 e. The van der Waals surface area contributed by atoms with E-state index in [4.69, 9.17) is 18.9 Å². The van der Waals surface area contributed by atoms with Crippen molar-refractivity contribution in [3.8, 4) is 68.5 Å². The first kappa shape index (κ1) is 54.5. The van der Waals surface area contributed by atoms with Crippen molar-refractivity contribution in [3.63, 3.8) is 0 Å². The summed E-state index contributed by atoms with van der Waals surface area (Å²) in [4.78, 5) is 28.8. The first-order valence-corrected chi connectivity index (χ1v) is 30.1. The molecule has 8 aromatic carbocycles. The number of nitrogens with zero attached hydrogens (tertiary/aromatic N) is 3. The van der Waals surface area contributed by atoms with Gasteiger partial charge in [-0.25, -0.2) is 9.59 Å². The summed E-state index contributed by atoms with van der Waals surface area (Å²) in [6.07, 6.45) is 10.6. The summed E-state index contributed by atoms with van der Waals surface area (Å²) in [5.41, 5.74) is 15.3. The number of carboxylic acid groups (broad SMARTS) is 2. The van der Waals surface area contributed by atoms with Gasteiger partial charge in [0.25, 0.3) is 0 Å². The van der Waals surface area contributed by atoms with Crippen molar-refractivity contribution < 1.29 is 38.7 Å². The molecular weight excluding hydrogens is 1120 g/mol. The molecule has 0 unspecified atom stereocenters. The van der Waals surface area contributed by atoms with Crippen LogP contribution in [0.25, 0.3) is 91.4 Å². The highest BCUT2D eigenvalue weighted by molar-refractivity contribution is 7.15. The average Bonchev–Trinajstić information content (AvgIpc) is 1.75. The molecule has 4 heterocycles. The zero-order valence-electron chi connectivity index (χ0n) is 47.7. The second-order valence-electron chi connectivity index (χ2n) is 22.8. The number of carboxylic acids is 2. The molecule has 14 rings (SSSR count). The van der Waals surface area contributed by atoms with E-state index in [1.54, 1.807) is 12.1 Å². The number of thiophene rings is 2. The lowest BCUT2D eigenvalue weighted by molar-refractivity contribution is -0.133. The van der Waals surface area contributed by atoms with Gasteiger partial charge in [0.2, 0.25) is 0 Å². The summed E-state index contributed by atoms with van der Waals surface area (Å²) in [5.74, 6) is -0.846. The third-order valence-electron chi connectivity index (χ3n) is 17.1. The number of benzene rings is 8. The van der Waals surface area contributed by atoms with Crippen molar-refractivity contribution in [2.24, 2.45) is 0 Å². The van der Waals surface area contributed by atoms with Gasteiger partial charge in [0, 0.05) is 33.0 Å². The predicted octanol–water partition coefficient (Wildman–Crippen LogP) is 17.7. The Balaban J connectivity index is 1.03. The molecule has 0 radical (unpaired) electrons. The highest BCUT2D eigenvalue weighted by Crippen LogP contribution is 2.56. The van der Waals surface area contributed by atoms with Gasteiger partial charge in [0.15, 0.2) is 23.0 Å². The van der Waals surface area contributed by atoms with E-state index >= 15 is 0 Å². The van der Waals surface area contributed by atoms with Gasteiger partial charge in [-0.1, -0.05) is 155 Å². The van der Waals surface area contributed by atoms with Crippen molar-refractivity contribution >= 4 is 110 Å². The van der Waals surface area contributed by atoms with E-state index in [0.717, 1.165) is 60.9 Å². The van der Waals surface area contributed by atoms with Gasteiger partial charge in [0.1, 0.15) is 49.7 Å². The molecule has 424 valence electrons. The van der Waals surface area contributed by atoms with Crippen LogP contribution in [0.3, 0.4) is 0 Å². The van der Waals surface area contributed by atoms with E-state index in [1.807, 2.05) is 30.4 Å². The fourth-order valence-electron chi connectivity index (χ4n) is 13.0. The molecule has 2 aliphatic heterocycles. The van der Waals surface area contributed by atoms with E-state index in [2.05, 4.69) is 178 Å². The van der Waals surface area contributed by atoms with Gasteiger partial charge >= 0.3 is 11.9 Å². The zero-order valence-corrected chi connectivity index (χ0v) is 49.4. The summed E-state index contributed by atoms with van der Waals surface area (Å²) in [6.45, 7) is 10.4. The van der Waals surface area contributed by atoms with Crippen LogP contribution in [0, 0.1) is 22.7 Å². The monoisotopic (exact) mass is 1180 g/mol. The third-order valence-corrected chi connectivity index (χ3v) is 19.2. The van der Waals surface area contributed by atoms with Crippen molar-refractivity contribution in [3.05, 3.63) is 216 Å². The van der Waals surface area contributed by atoms with Gasteiger partial charge in [-0.15, -0.1) is 22.7 Å². The Morgan fingerprint density at radius 1 is 0.471 bits per heavy atom. The minimum absolute atomic E-state index is 0.283. The molecule has 0 saturated heterocycles. The molecule has 0 spiro atoms. The summed E-state index contributed by atoms with van der Waals surface area (Å²) in [6, 6.07) is 58.5. The first-order chi connectivity index (χ1) is 42.2. The molecule has 0 fully saturated rings. The molecule has 0 saturated carbocycles. The maximum absolute atomic E-state index is 12.0. The number of hydrogen-bond donors (Lipinski definition) is 2. The Morgan fingerprint density at radius 3 is 1.30 bits per heavy atom. The number of nitriles is 2. The Bertz CT molecular complexity index is 4530. The molecule has 11 nitrogen and oxygen atoms in total. The summed E-state index contributed by atoms with van der Waals surface area (Å²) < 4.78 is 24.4. The quantitative estimate of drug-likeness (QED) is 0.0680. The number of anilines is 3. The molecule has 4 aliphatic rings. The van der Waals surface area contributed by atoms with E-state index in [1.165, 1.54) is 79.3 Å². The number of carbonyl (C=O) groups is 2. The molecule has 13 heteroatoms. The Morgan fingerprint density at radius 2 is 0.874 bits per heavy atom. The zero-order chi connectivity index (χ0) is 59.9.